The van der Waals surface area contributed by atoms with E-state index in [0.29, 0.717) is 13.0 Å². The zero-order valence-corrected chi connectivity index (χ0v) is 12.9. The Hall–Kier alpha value is -2.09. The first kappa shape index (κ1) is 15.3. The Morgan fingerprint density at radius 1 is 1.14 bits per heavy atom. The Kier molecular flexibility index (Phi) is 4.79. The molecule has 0 bridgehead atoms. The van der Waals surface area contributed by atoms with Crippen molar-refractivity contribution in [3.8, 4) is 5.75 Å². The number of benzene rings is 2. The van der Waals surface area contributed by atoms with Gasteiger partial charge in [-0.3, -0.25) is 0 Å². The summed E-state index contributed by atoms with van der Waals surface area (Å²) in [5, 5.41) is 0. The van der Waals surface area contributed by atoms with E-state index in [0.717, 1.165) is 23.2 Å². The molecule has 21 heavy (non-hydrogen) atoms. The smallest absolute Gasteiger partial charge is 0.130 e. The minimum Gasteiger partial charge on any atom is -0.494 e. The lowest BCUT2D eigenvalue weighted by Gasteiger charge is -2.24. The topological polar surface area (TPSA) is 26.3 Å². The lowest BCUT2D eigenvalue weighted by atomic mass is 9.78. The summed E-state index contributed by atoms with van der Waals surface area (Å²) in [7, 11) is 0. The van der Waals surface area contributed by atoms with Gasteiger partial charge in [0.15, 0.2) is 0 Å². The second-order valence-electron chi connectivity index (χ2n) is 5.66. The Labute approximate surface area is 126 Å². The van der Waals surface area contributed by atoms with E-state index in [9.17, 15) is 4.79 Å². The number of rotatable bonds is 6. The molecule has 1 unspecified atom stereocenters. The quantitative estimate of drug-likeness (QED) is 0.746. The zero-order chi connectivity index (χ0) is 15.3. The summed E-state index contributed by atoms with van der Waals surface area (Å²) in [5.74, 6) is 0.854. The van der Waals surface area contributed by atoms with Crippen LogP contribution in [0.3, 0.4) is 0 Å². The van der Waals surface area contributed by atoms with Gasteiger partial charge in [0.25, 0.3) is 0 Å². The van der Waals surface area contributed by atoms with Crippen molar-refractivity contribution in [1.29, 1.82) is 0 Å². The van der Waals surface area contributed by atoms with E-state index in [4.69, 9.17) is 4.74 Å². The van der Waals surface area contributed by atoms with Crippen molar-refractivity contribution in [2.24, 2.45) is 0 Å². The van der Waals surface area contributed by atoms with Crippen molar-refractivity contribution in [3.63, 3.8) is 0 Å². The molecule has 0 spiro atoms. The van der Waals surface area contributed by atoms with Crippen molar-refractivity contribution in [2.45, 2.75) is 32.6 Å². The van der Waals surface area contributed by atoms with Gasteiger partial charge in [-0.2, -0.15) is 0 Å². The largest absolute Gasteiger partial charge is 0.494 e. The lowest BCUT2D eigenvalue weighted by Crippen LogP contribution is -2.27. The fourth-order valence-electron chi connectivity index (χ4n) is 2.55. The molecule has 2 aromatic rings. The summed E-state index contributed by atoms with van der Waals surface area (Å²) in [6, 6.07) is 16.1. The molecule has 2 aromatic carbocycles. The molecule has 0 radical (unpaired) electrons. The van der Waals surface area contributed by atoms with Gasteiger partial charge in [-0.15, -0.1) is 0 Å². The molecular formula is C19H22O2. The summed E-state index contributed by atoms with van der Waals surface area (Å²) >= 11 is 0. The van der Waals surface area contributed by atoms with Gasteiger partial charge in [0.1, 0.15) is 12.0 Å². The van der Waals surface area contributed by atoms with Crippen LogP contribution in [0, 0.1) is 6.92 Å². The Bertz CT molecular complexity index is 618. The molecule has 0 aliphatic rings. The molecule has 110 valence electrons. The van der Waals surface area contributed by atoms with Crippen LogP contribution in [0.15, 0.2) is 48.5 Å². The second kappa shape index (κ2) is 6.57. The molecule has 2 nitrogen and oxygen atoms in total. The maximum absolute atomic E-state index is 11.7. The Balaban J connectivity index is 2.29. The van der Waals surface area contributed by atoms with Gasteiger partial charge in [-0.1, -0.05) is 42.0 Å². The van der Waals surface area contributed by atoms with E-state index in [-0.39, 0.29) is 0 Å². The van der Waals surface area contributed by atoms with Gasteiger partial charge in [-0.05, 0) is 50.5 Å². The van der Waals surface area contributed by atoms with Gasteiger partial charge < -0.3 is 9.53 Å². The predicted octanol–water partition coefficient (Wildman–Crippen LogP) is 4.09. The van der Waals surface area contributed by atoms with Crippen LogP contribution >= 0.6 is 0 Å². The van der Waals surface area contributed by atoms with Crippen molar-refractivity contribution >= 4 is 6.29 Å². The van der Waals surface area contributed by atoms with E-state index in [1.54, 1.807) is 0 Å². The molecule has 2 heteroatoms. The molecule has 2 rings (SSSR count). The number of carbonyl (C=O) groups excluding carboxylic acids is 1. The third kappa shape index (κ3) is 3.72. The third-order valence-corrected chi connectivity index (χ3v) is 3.72. The van der Waals surface area contributed by atoms with E-state index < -0.39 is 5.41 Å². The van der Waals surface area contributed by atoms with E-state index >= 15 is 0 Å². The van der Waals surface area contributed by atoms with Gasteiger partial charge in [0.2, 0.25) is 0 Å². The van der Waals surface area contributed by atoms with E-state index in [2.05, 4.69) is 6.07 Å². The molecule has 0 saturated carbocycles. The molecular weight excluding hydrogens is 260 g/mol. The Morgan fingerprint density at radius 3 is 2.57 bits per heavy atom. The molecule has 1 atom stereocenters. The number of aryl methyl sites for hydroxylation is 1. The maximum Gasteiger partial charge on any atom is 0.130 e. The standard InChI is InChI=1S/C19H22O2/c1-4-21-18-10-6-8-16(12-18)13-19(3,14-20)17-9-5-7-15(2)11-17/h5-12,14H,4,13H2,1-3H3. The Morgan fingerprint density at radius 2 is 1.90 bits per heavy atom. The van der Waals surface area contributed by atoms with Crippen LogP contribution < -0.4 is 4.74 Å². The first-order valence-corrected chi connectivity index (χ1v) is 7.32. The van der Waals surface area contributed by atoms with Crippen LogP contribution in [0.5, 0.6) is 5.75 Å². The van der Waals surface area contributed by atoms with Crippen LogP contribution in [0.1, 0.15) is 30.5 Å². The summed E-state index contributed by atoms with van der Waals surface area (Å²) in [6.45, 7) is 6.65. The van der Waals surface area contributed by atoms with Crippen LogP contribution in [0.2, 0.25) is 0 Å². The summed E-state index contributed by atoms with van der Waals surface area (Å²) in [6.07, 6.45) is 1.72. The highest BCUT2D eigenvalue weighted by molar-refractivity contribution is 5.69. The fourth-order valence-corrected chi connectivity index (χ4v) is 2.55. The van der Waals surface area contributed by atoms with Gasteiger partial charge >= 0.3 is 0 Å². The van der Waals surface area contributed by atoms with Gasteiger partial charge in [-0.25, -0.2) is 0 Å². The van der Waals surface area contributed by atoms with E-state index in [1.165, 1.54) is 5.56 Å². The van der Waals surface area contributed by atoms with Crippen molar-refractivity contribution in [1.82, 2.24) is 0 Å². The minimum absolute atomic E-state index is 0.517. The SMILES string of the molecule is CCOc1cccc(CC(C)(C=O)c2cccc(C)c2)c1. The number of aldehydes is 1. The minimum atomic E-state index is -0.517. The first-order valence-electron chi connectivity index (χ1n) is 7.32. The highest BCUT2D eigenvalue weighted by Gasteiger charge is 2.26. The fraction of sp³-hybridized carbons (Fsp3) is 0.316. The summed E-state index contributed by atoms with van der Waals surface area (Å²) < 4.78 is 5.53. The second-order valence-corrected chi connectivity index (χ2v) is 5.66. The van der Waals surface area contributed by atoms with Gasteiger partial charge in [0.05, 0.1) is 12.0 Å². The van der Waals surface area contributed by atoms with Crippen LogP contribution in [-0.2, 0) is 16.6 Å². The predicted molar refractivity (Wildman–Crippen MR) is 85.9 cm³/mol. The monoisotopic (exact) mass is 282 g/mol. The highest BCUT2D eigenvalue weighted by Crippen LogP contribution is 2.28. The average molecular weight is 282 g/mol. The third-order valence-electron chi connectivity index (χ3n) is 3.72. The maximum atomic E-state index is 11.7. The zero-order valence-electron chi connectivity index (χ0n) is 12.9. The van der Waals surface area contributed by atoms with Crippen molar-refractivity contribution < 1.29 is 9.53 Å². The van der Waals surface area contributed by atoms with Crippen LogP contribution in [-0.4, -0.2) is 12.9 Å². The molecule has 0 fully saturated rings. The number of hydrogen-bond donors (Lipinski definition) is 0. The first-order chi connectivity index (χ1) is 10.1. The normalized spacial score (nSPS) is 13.5. The number of carbonyl (C=O) groups is 1. The van der Waals surface area contributed by atoms with Crippen molar-refractivity contribution in [3.05, 3.63) is 65.2 Å². The molecule has 0 saturated heterocycles. The number of ether oxygens (including phenoxy) is 1. The van der Waals surface area contributed by atoms with Crippen molar-refractivity contribution in [2.75, 3.05) is 6.61 Å². The molecule has 0 aromatic heterocycles. The number of hydrogen-bond acceptors (Lipinski definition) is 2. The molecule has 0 amide bonds. The molecule has 0 aliphatic heterocycles. The molecule has 0 aliphatic carbocycles. The van der Waals surface area contributed by atoms with Crippen LogP contribution in [0.4, 0.5) is 0 Å². The summed E-state index contributed by atoms with van der Waals surface area (Å²) in [5.41, 5.74) is 2.82. The van der Waals surface area contributed by atoms with Gasteiger partial charge in [0, 0.05) is 0 Å². The molecule has 0 heterocycles. The lowest BCUT2D eigenvalue weighted by molar-refractivity contribution is -0.112. The average Bonchev–Trinajstić information content (AvgIpc) is 2.48. The van der Waals surface area contributed by atoms with Crippen LogP contribution in [0.25, 0.3) is 0 Å². The van der Waals surface area contributed by atoms with E-state index in [1.807, 2.05) is 63.2 Å². The highest BCUT2D eigenvalue weighted by atomic mass is 16.5. The molecule has 0 N–H and O–H groups in total. The summed E-state index contributed by atoms with van der Waals surface area (Å²) in [4.78, 5) is 11.7.